The van der Waals surface area contributed by atoms with Gasteiger partial charge in [-0.25, -0.2) is 4.98 Å². The van der Waals surface area contributed by atoms with Crippen LogP contribution in [0.25, 0.3) is 16.3 Å². The van der Waals surface area contributed by atoms with E-state index in [1.165, 1.54) is 4.70 Å². The van der Waals surface area contributed by atoms with Crippen LogP contribution in [0.1, 0.15) is 35.2 Å². The van der Waals surface area contributed by atoms with E-state index < -0.39 is 0 Å². The summed E-state index contributed by atoms with van der Waals surface area (Å²) in [7, 11) is 0. The van der Waals surface area contributed by atoms with Gasteiger partial charge in [0, 0.05) is 17.5 Å². The number of hydrogen-bond donors (Lipinski definition) is 0. The fraction of sp³-hybridized carbons (Fsp3) is 0.263. The van der Waals surface area contributed by atoms with Crippen LogP contribution in [0.5, 0.6) is 0 Å². The number of hydrogen-bond acceptors (Lipinski definition) is 4. The molecule has 1 atom stereocenters. The van der Waals surface area contributed by atoms with E-state index in [0.717, 1.165) is 41.2 Å². The number of fused-ring (bicyclic) bond motifs is 1. The van der Waals surface area contributed by atoms with Gasteiger partial charge in [-0.1, -0.05) is 18.2 Å². The zero-order valence-corrected chi connectivity index (χ0v) is 14.9. The van der Waals surface area contributed by atoms with Crippen molar-refractivity contribution in [2.24, 2.45) is 0 Å². The molecule has 4 rings (SSSR count). The van der Waals surface area contributed by atoms with Crippen molar-refractivity contribution in [1.29, 1.82) is 0 Å². The number of benzene rings is 1. The molecule has 2 aromatic heterocycles. The highest BCUT2D eigenvalue weighted by Gasteiger charge is 2.29. The Bertz CT molecular complexity index is 834. The van der Waals surface area contributed by atoms with Crippen LogP contribution in [-0.2, 0) is 4.79 Å². The van der Waals surface area contributed by atoms with Gasteiger partial charge >= 0.3 is 0 Å². The second-order valence-electron chi connectivity index (χ2n) is 5.91. The van der Waals surface area contributed by atoms with Crippen LogP contribution in [0, 0.1) is 0 Å². The average molecular weight is 354 g/mol. The Morgan fingerprint density at radius 2 is 2.12 bits per heavy atom. The second-order valence-corrected chi connectivity index (χ2v) is 7.95. The lowest BCUT2D eigenvalue weighted by molar-refractivity contribution is -0.129. The monoisotopic (exact) mass is 354 g/mol. The Kier molecular flexibility index (Phi) is 4.45. The van der Waals surface area contributed by atoms with Crippen LogP contribution in [0.2, 0.25) is 0 Å². The van der Waals surface area contributed by atoms with Crippen LogP contribution >= 0.6 is 22.7 Å². The minimum absolute atomic E-state index is 0.0901. The van der Waals surface area contributed by atoms with Crippen LogP contribution in [0.15, 0.2) is 47.9 Å². The van der Waals surface area contributed by atoms with Crippen molar-refractivity contribution in [2.75, 3.05) is 6.54 Å². The summed E-state index contributed by atoms with van der Waals surface area (Å²) in [6.07, 6.45) is 6.84. The van der Waals surface area contributed by atoms with E-state index in [4.69, 9.17) is 4.98 Å². The first-order valence-electron chi connectivity index (χ1n) is 8.19. The van der Waals surface area contributed by atoms with E-state index in [1.807, 2.05) is 46.7 Å². The van der Waals surface area contributed by atoms with Gasteiger partial charge in [-0.2, -0.15) is 0 Å². The summed E-state index contributed by atoms with van der Waals surface area (Å²) in [5.41, 5.74) is 1.03. The average Bonchev–Trinajstić information content (AvgIpc) is 3.29. The second kappa shape index (κ2) is 6.87. The van der Waals surface area contributed by atoms with Gasteiger partial charge in [-0.3, -0.25) is 4.79 Å². The molecule has 1 aliphatic rings. The SMILES string of the molecule is O=C(/C=C/c1cccs1)N1CCCC[C@@H]1c1nc2ccccc2s1. The minimum Gasteiger partial charge on any atom is -0.330 e. The van der Waals surface area contributed by atoms with Crippen molar-refractivity contribution in [3.63, 3.8) is 0 Å². The maximum absolute atomic E-state index is 12.7. The summed E-state index contributed by atoms with van der Waals surface area (Å²) >= 11 is 3.36. The molecule has 3 aromatic rings. The third kappa shape index (κ3) is 3.14. The van der Waals surface area contributed by atoms with E-state index in [1.54, 1.807) is 28.7 Å². The first-order valence-corrected chi connectivity index (χ1v) is 9.88. The highest BCUT2D eigenvalue weighted by atomic mass is 32.1. The molecule has 1 saturated heterocycles. The molecule has 0 radical (unpaired) electrons. The number of rotatable bonds is 3. The Labute approximate surface area is 149 Å². The smallest absolute Gasteiger partial charge is 0.247 e. The van der Waals surface area contributed by atoms with Gasteiger partial charge in [-0.05, 0) is 48.9 Å². The van der Waals surface area contributed by atoms with E-state index in [0.29, 0.717) is 0 Å². The molecule has 122 valence electrons. The summed E-state index contributed by atoms with van der Waals surface area (Å²) in [6, 6.07) is 12.3. The fourth-order valence-electron chi connectivity index (χ4n) is 3.12. The number of carbonyl (C=O) groups is 1. The minimum atomic E-state index is 0.0901. The van der Waals surface area contributed by atoms with Gasteiger partial charge in [0.05, 0.1) is 16.3 Å². The van der Waals surface area contributed by atoms with Gasteiger partial charge in [0.2, 0.25) is 5.91 Å². The Morgan fingerprint density at radius 3 is 2.96 bits per heavy atom. The molecule has 0 saturated carbocycles. The van der Waals surface area contributed by atoms with Crippen LogP contribution in [0.3, 0.4) is 0 Å². The summed E-state index contributed by atoms with van der Waals surface area (Å²) in [4.78, 5) is 20.6. The Balaban J connectivity index is 1.59. The molecule has 0 bridgehead atoms. The normalized spacial score (nSPS) is 18.5. The van der Waals surface area contributed by atoms with Crippen LogP contribution < -0.4 is 0 Å². The molecular weight excluding hydrogens is 336 g/mol. The predicted octanol–water partition coefficient (Wildman–Crippen LogP) is 5.12. The van der Waals surface area contributed by atoms with Gasteiger partial charge in [0.15, 0.2) is 0 Å². The summed E-state index contributed by atoms with van der Waals surface area (Å²) in [5.74, 6) is 0.0901. The number of para-hydroxylation sites is 1. The molecule has 3 nitrogen and oxygen atoms in total. The van der Waals surface area contributed by atoms with Gasteiger partial charge < -0.3 is 4.90 Å². The van der Waals surface area contributed by atoms with Crippen molar-refractivity contribution < 1.29 is 4.79 Å². The van der Waals surface area contributed by atoms with Crippen molar-refractivity contribution in [3.8, 4) is 0 Å². The number of amides is 1. The molecular formula is C19H18N2OS2. The number of carbonyl (C=O) groups excluding carboxylic acids is 1. The third-order valence-electron chi connectivity index (χ3n) is 4.31. The third-order valence-corrected chi connectivity index (χ3v) is 6.29. The van der Waals surface area contributed by atoms with Gasteiger partial charge in [0.25, 0.3) is 0 Å². The quantitative estimate of drug-likeness (QED) is 0.611. The maximum Gasteiger partial charge on any atom is 0.247 e. The van der Waals surface area contributed by atoms with E-state index in [9.17, 15) is 4.79 Å². The molecule has 0 unspecified atom stereocenters. The number of likely N-dealkylation sites (tertiary alicyclic amines) is 1. The summed E-state index contributed by atoms with van der Waals surface area (Å²) < 4.78 is 1.19. The van der Waals surface area contributed by atoms with Crippen molar-refractivity contribution in [1.82, 2.24) is 9.88 Å². The largest absolute Gasteiger partial charge is 0.330 e. The fourth-order valence-corrected chi connectivity index (χ4v) is 4.85. The van der Waals surface area contributed by atoms with Crippen molar-refractivity contribution in [2.45, 2.75) is 25.3 Å². The van der Waals surface area contributed by atoms with E-state index >= 15 is 0 Å². The molecule has 1 fully saturated rings. The highest BCUT2D eigenvalue weighted by molar-refractivity contribution is 7.18. The lowest BCUT2D eigenvalue weighted by atomic mass is 10.0. The number of piperidine rings is 1. The maximum atomic E-state index is 12.7. The number of nitrogens with zero attached hydrogens (tertiary/aromatic N) is 2. The molecule has 0 aliphatic carbocycles. The highest BCUT2D eigenvalue weighted by Crippen LogP contribution is 2.35. The summed E-state index contributed by atoms with van der Waals surface area (Å²) in [6.45, 7) is 0.814. The summed E-state index contributed by atoms with van der Waals surface area (Å²) in [5, 5.41) is 3.09. The molecule has 0 spiro atoms. The molecule has 24 heavy (non-hydrogen) atoms. The molecule has 0 N–H and O–H groups in total. The van der Waals surface area contributed by atoms with Crippen molar-refractivity contribution >= 4 is 44.9 Å². The lowest BCUT2D eigenvalue weighted by Gasteiger charge is -2.33. The van der Waals surface area contributed by atoms with E-state index in [2.05, 4.69) is 6.07 Å². The van der Waals surface area contributed by atoms with E-state index in [-0.39, 0.29) is 11.9 Å². The Morgan fingerprint density at radius 1 is 1.21 bits per heavy atom. The topological polar surface area (TPSA) is 33.2 Å². The first kappa shape index (κ1) is 15.5. The lowest BCUT2D eigenvalue weighted by Crippen LogP contribution is -2.37. The molecule has 1 aliphatic heterocycles. The number of aromatic nitrogens is 1. The molecule has 3 heterocycles. The molecule has 1 aromatic carbocycles. The van der Waals surface area contributed by atoms with Crippen LogP contribution in [0.4, 0.5) is 0 Å². The first-order chi connectivity index (χ1) is 11.8. The number of thiazole rings is 1. The standard InChI is InChI=1S/C19H18N2OS2/c22-18(11-10-14-6-5-13-23-14)21-12-4-3-8-16(21)19-20-15-7-1-2-9-17(15)24-19/h1-2,5-7,9-11,13,16H,3-4,8,12H2/b11-10+/t16-/m1/s1. The van der Waals surface area contributed by atoms with Gasteiger partial charge in [-0.15, -0.1) is 22.7 Å². The van der Waals surface area contributed by atoms with Crippen molar-refractivity contribution in [3.05, 3.63) is 57.7 Å². The van der Waals surface area contributed by atoms with Gasteiger partial charge in [0.1, 0.15) is 5.01 Å². The zero-order chi connectivity index (χ0) is 16.4. The van der Waals surface area contributed by atoms with Crippen LogP contribution in [-0.4, -0.2) is 22.3 Å². The molecule has 1 amide bonds. The Hall–Kier alpha value is -1.98. The number of thiophene rings is 1. The molecule has 5 heteroatoms. The predicted molar refractivity (Wildman–Crippen MR) is 101 cm³/mol. The zero-order valence-electron chi connectivity index (χ0n) is 13.2.